The number of anilines is 1. The van der Waals surface area contributed by atoms with Crippen LogP contribution < -0.4 is 5.32 Å². The predicted octanol–water partition coefficient (Wildman–Crippen LogP) is 2.82. The van der Waals surface area contributed by atoms with Crippen LogP contribution in [0.3, 0.4) is 0 Å². The third-order valence-electron chi connectivity index (χ3n) is 4.58. The van der Waals surface area contributed by atoms with Crippen molar-refractivity contribution >= 4 is 11.7 Å². The molecular weight excluding hydrogens is 264 g/mol. The van der Waals surface area contributed by atoms with Gasteiger partial charge in [-0.3, -0.25) is 4.90 Å². The van der Waals surface area contributed by atoms with Gasteiger partial charge in [-0.15, -0.1) is 0 Å². The minimum Gasteiger partial charge on any atom is -0.465 e. The lowest BCUT2D eigenvalue weighted by molar-refractivity contribution is 0.0601. The lowest BCUT2D eigenvalue weighted by Crippen LogP contribution is -2.31. The molecule has 2 aliphatic rings. The summed E-state index contributed by atoms with van der Waals surface area (Å²) >= 11 is 0. The van der Waals surface area contributed by atoms with Crippen molar-refractivity contribution in [2.24, 2.45) is 0 Å². The molecule has 0 radical (unpaired) electrons. The molecule has 1 aliphatic heterocycles. The van der Waals surface area contributed by atoms with E-state index in [4.69, 9.17) is 4.74 Å². The number of hydrogen-bond donors (Lipinski definition) is 1. The van der Waals surface area contributed by atoms with Crippen molar-refractivity contribution < 1.29 is 9.53 Å². The number of methoxy groups -OCH3 is 1. The van der Waals surface area contributed by atoms with E-state index in [1.165, 1.54) is 20.0 Å². The average molecular weight is 288 g/mol. The van der Waals surface area contributed by atoms with E-state index < -0.39 is 0 Å². The summed E-state index contributed by atoms with van der Waals surface area (Å²) in [5.41, 5.74) is 2.60. The predicted molar refractivity (Wildman–Crippen MR) is 83.7 cm³/mol. The van der Waals surface area contributed by atoms with Crippen molar-refractivity contribution in [3.63, 3.8) is 0 Å². The average Bonchev–Trinajstić information content (AvgIpc) is 3.24. The molecule has 0 amide bonds. The van der Waals surface area contributed by atoms with Gasteiger partial charge in [-0.2, -0.15) is 0 Å². The van der Waals surface area contributed by atoms with E-state index in [1.807, 2.05) is 25.1 Å². The monoisotopic (exact) mass is 288 g/mol. The van der Waals surface area contributed by atoms with Gasteiger partial charge in [-0.1, -0.05) is 11.6 Å². The Kier molecular flexibility index (Phi) is 3.89. The molecule has 0 bridgehead atoms. The molecule has 1 aliphatic carbocycles. The summed E-state index contributed by atoms with van der Waals surface area (Å²) in [6, 6.07) is 7.75. The van der Waals surface area contributed by atoms with Crippen molar-refractivity contribution in [3.05, 3.63) is 29.3 Å². The topological polar surface area (TPSA) is 41.6 Å². The minimum absolute atomic E-state index is 0.272. The number of benzene rings is 1. The minimum atomic E-state index is -0.272. The Morgan fingerprint density at radius 3 is 2.81 bits per heavy atom. The van der Waals surface area contributed by atoms with Gasteiger partial charge < -0.3 is 10.1 Å². The van der Waals surface area contributed by atoms with Gasteiger partial charge in [0.05, 0.1) is 12.7 Å². The van der Waals surface area contributed by atoms with Crippen LogP contribution in [0.5, 0.6) is 0 Å². The first-order valence-corrected chi connectivity index (χ1v) is 7.79. The summed E-state index contributed by atoms with van der Waals surface area (Å²) in [5.74, 6) is -0.272. The molecule has 1 aromatic rings. The molecule has 1 saturated carbocycles. The maximum atomic E-state index is 11.9. The second-order valence-electron chi connectivity index (χ2n) is 6.39. The number of hydrogen-bond acceptors (Lipinski definition) is 4. The molecular formula is C17H24N2O2. The smallest absolute Gasteiger partial charge is 0.339 e. The zero-order valence-corrected chi connectivity index (χ0v) is 13.1. The molecule has 0 spiro atoms. The van der Waals surface area contributed by atoms with Gasteiger partial charge in [-0.05, 0) is 45.2 Å². The Bertz CT molecular complexity index is 540. The van der Waals surface area contributed by atoms with Crippen LogP contribution in [0.4, 0.5) is 5.69 Å². The largest absolute Gasteiger partial charge is 0.465 e. The molecule has 21 heavy (non-hydrogen) atoms. The lowest BCUT2D eigenvalue weighted by atomic mass is 10.1. The Morgan fingerprint density at radius 1 is 1.38 bits per heavy atom. The van der Waals surface area contributed by atoms with Gasteiger partial charge in [0, 0.05) is 30.4 Å². The molecule has 4 nitrogen and oxygen atoms in total. The van der Waals surface area contributed by atoms with Crippen LogP contribution >= 0.6 is 0 Å². The van der Waals surface area contributed by atoms with E-state index in [1.54, 1.807) is 0 Å². The number of carbonyl (C=O) groups excluding carboxylic acids is 1. The summed E-state index contributed by atoms with van der Waals surface area (Å²) in [6.45, 7) is 5.36. The Labute approximate surface area is 126 Å². The number of esters is 1. The molecule has 114 valence electrons. The van der Waals surface area contributed by atoms with Gasteiger partial charge in [-0.25, -0.2) is 4.79 Å². The number of ether oxygens (including phenoxy) is 1. The molecule has 1 saturated heterocycles. The van der Waals surface area contributed by atoms with Crippen LogP contribution in [0, 0.1) is 6.92 Å². The fourth-order valence-electron chi connectivity index (χ4n) is 3.36. The highest BCUT2D eigenvalue weighted by molar-refractivity contribution is 5.95. The molecule has 2 fully saturated rings. The van der Waals surface area contributed by atoms with Gasteiger partial charge in [0.15, 0.2) is 0 Å². The molecule has 1 aromatic carbocycles. The maximum Gasteiger partial charge on any atom is 0.339 e. The van der Waals surface area contributed by atoms with Crippen molar-refractivity contribution in [1.29, 1.82) is 0 Å². The maximum absolute atomic E-state index is 11.9. The zero-order chi connectivity index (χ0) is 15.0. The molecule has 0 aromatic heterocycles. The van der Waals surface area contributed by atoms with E-state index in [-0.39, 0.29) is 5.97 Å². The van der Waals surface area contributed by atoms with Crippen LogP contribution in [-0.2, 0) is 4.74 Å². The molecule has 3 rings (SSSR count). The number of nitrogens with one attached hydrogen (secondary N) is 1. The van der Waals surface area contributed by atoms with E-state index in [9.17, 15) is 4.79 Å². The first-order chi connectivity index (χ1) is 10.1. The van der Waals surface area contributed by atoms with Gasteiger partial charge in [0.1, 0.15) is 0 Å². The van der Waals surface area contributed by atoms with E-state index >= 15 is 0 Å². The molecule has 4 heteroatoms. The highest BCUT2D eigenvalue weighted by atomic mass is 16.5. The SMILES string of the molecule is COC(=O)c1cc(C)ccc1NC1CC(C)N(C2CC2)C1. The highest BCUT2D eigenvalue weighted by Gasteiger charge is 2.38. The molecule has 1 N–H and O–H groups in total. The summed E-state index contributed by atoms with van der Waals surface area (Å²) < 4.78 is 4.90. The summed E-state index contributed by atoms with van der Waals surface area (Å²) in [6.07, 6.45) is 3.81. The third-order valence-corrected chi connectivity index (χ3v) is 4.58. The van der Waals surface area contributed by atoms with Crippen LogP contribution in [-0.4, -0.2) is 42.6 Å². The number of likely N-dealkylation sites (tertiary alicyclic amines) is 1. The zero-order valence-electron chi connectivity index (χ0n) is 13.1. The Morgan fingerprint density at radius 2 is 2.14 bits per heavy atom. The van der Waals surface area contributed by atoms with E-state index in [2.05, 4.69) is 17.1 Å². The number of rotatable bonds is 4. The lowest BCUT2D eigenvalue weighted by Gasteiger charge is -2.20. The Balaban J connectivity index is 1.74. The summed E-state index contributed by atoms with van der Waals surface area (Å²) in [4.78, 5) is 14.5. The fourth-order valence-corrected chi connectivity index (χ4v) is 3.36. The van der Waals surface area contributed by atoms with Gasteiger partial charge in [0.25, 0.3) is 0 Å². The number of nitrogens with zero attached hydrogens (tertiary/aromatic N) is 1. The van der Waals surface area contributed by atoms with Crippen molar-refractivity contribution in [2.45, 2.75) is 51.2 Å². The fraction of sp³-hybridized carbons (Fsp3) is 0.588. The number of aryl methyl sites for hydroxylation is 1. The summed E-state index contributed by atoms with van der Waals surface area (Å²) in [7, 11) is 1.43. The molecule has 2 atom stereocenters. The van der Waals surface area contributed by atoms with Crippen LogP contribution in [0.15, 0.2) is 18.2 Å². The van der Waals surface area contributed by atoms with Crippen molar-refractivity contribution in [3.8, 4) is 0 Å². The van der Waals surface area contributed by atoms with Crippen LogP contribution in [0.1, 0.15) is 42.1 Å². The van der Waals surface area contributed by atoms with Crippen LogP contribution in [0.25, 0.3) is 0 Å². The van der Waals surface area contributed by atoms with E-state index in [0.717, 1.165) is 30.3 Å². The van der Waals surface area contributed by atoms with E-state index in [0.29, 0.717) is 17.6 Å². The van der Waals surface area contributed by atoms with Crippen LogP contribution in [0.2, 0.25) is 0 Å². The number of carbonyl (C=O) groups is 1. The normalized spacial score (nSPS) is 25.9. The second-order valence-corrected chi connectivity index (χ2v) is 6.39. The quantitative estimate of drug-likeness (QED) is 0.865. The standard InChI is InChI=1S/C17H24N2O2/c1-11-4-7-16(15(8-11)17(20)21-3)18-13-9-12(2)19(10-13)14-5-6-14/h4,7-8,12-14,18H,5-6,9-10H2,1-3H3. The third kappa shape index (κ3) is 3.05. The first kappa shape index (κ1) is 14.4. The molecule has 2 unspecified atom stereocenters. The summed E-state index contributed by atoms with van der Waals surface area (Å²) in [5, 5.41) is 3.55. The van der Waals surface area contributed by atoms with Gasteiger partial charge in [0.2, 0.25) is 0 Å². The first-order valence-electron chi connectivity index (χ1n) is 7.79. The van der Waals surface area contributed by atoms with Crippen molar-refractivity contribution in [1.82, 2.24) is 4.90 Å². The second kappa shape index (κ2) is 5.68. The van der Waals surface area contributed by atoms with Gasteiger partial charge >= 0.3 is 5.97 Å². The highest BCUT2D eigenvalue weighted by Crippen LogP contribution is 2.34. The molecule has 1 heterocycles. The van der Waals surface area contributed by atoms with Crippen molar-refractivity contribution in [2.75, 3.05) is 19.0 Å². The Hall–Kier alpha value is -1.55.